The topological polar surface area (TPSA) is 404 Å². The average molecular weight is 1220 g/mol. The molecule has 0 aromatic heterocycles. The van der Waals surface area contributed by atoms with Crippen LogP contribution >= 0.6 is 0 Å². The number of phenols is 1. The van der Waals surface area contributed by atoms with E-state index in [1.807, 2.05) is 42.5 Å². The van der Waals surface area contributed by atoms with Gasteiger partial charge in [0, 0.05) is 97.4 Å². The normalized spacial score (nSPS) is 19.5. The van der Waals surface area contributed by atoms with Gasteiger partial charge in [0.2, 0.25) is 35.4 Å². The highest BCUT2D eigenvalue weighted by molar-refractivity contribution is 5.98. The minimum Gasteiger partial charge on any atom is -0.508 e. The van der Waals surface area contributed by atoms with Crippen molar-refractivity contribution < 1.29 is 68.4 Å². The van der Waals surface area contributed by atoms with Crippen LogP contribution in [0.15, 0.2) is 96.0 Å². The lowest BCUT2D eigenvalue weighted by molar-refractivity contribution is -0.142. The van der Waals surface area contributed by atoms with E-state index in [0.717, 1.165) is 10.8 Å². The number of carboxylic acid groups (broad SMARTS) is 3. The molecule has 2 aliphatic rings. The van der Waals surface area contributed by atoms with Gasteiger partial charge >= 0.3 is 17.9 Å². The summed E-state index contributed by atoms with van der Waals surface area (Å²) in [5, 5.41) is 57.0. The number of phenolic OH excluding ortho intramolecular Hbond substituents is 1. The predicted molar refractivity (Wildman–Crippen MR) is 323 cm³/mol. The molecule has 4 unspecified atom stereocenters. The van der Waals surface area contributed by atoms with E-state index >= 15 is 0 Å². The SMILES string of the molecule is CN1C(=O)C(Cc2ccc(O)cc2)NC(=O)CNC(=O)C(Cc2ccc3ccccc3c2)NC(=O)C(CCCN=C(N)N)NC(=O)C1CCCNC(=O)c1ccc(CNC(=O)CN2CCN(CC(=O)O)CCN(CC(=O)O)CCN(CC(=O)O)CC2)cc1. The number of aromatic hydroxyl groups is 1. The molecule has 14 N–H and O–H groups in total. The number of amides is 7. The molecule has 88 heavy (non-hydrogen) atoms. The van der Waals surface area contributed by atoms with Gasteiger partial charge in [0.1, 0.15) is 29.9 Å². The van der Waals surface area contributed by atoms with Gasteiger partial charge in [-0.25, -0.2) is 0 Å². The van der Waals surface area contributed by atoms with Crippen LogP contribution in [-0.4, -0.2) is 240 Å². The van der Waals surface area contributed by atoms with Gasteiger partial charge in [0.15, 0.2) is 5.96 Å². The summed E-state index contributed by atoms with van der Waals surface area (Å²) in [6.07, 6.45) is 0.211. The van der Waals surface area contributed by atoms with Crippen molar-refractivity contribution in [3.05, 3.63) is 113 Å². The number of aliphatic carboxylic acids is 3. The average Bonchev–Trinajstić information content (AvgIpc) is 3.71. The molecule has 0 radical (unpaired) electrons. The van der Waals surface area contributed by atoms with E-state index in [-0.39, 0.29) is 160 Å². The Balaban J connectivity index is 1.13. The Morgan fingerprint density at radius 3 is 1.69 bits per heavy atom. The molecule has 6 rings (SSSR count). The van der Waals surface area contributed by atoms with E-state index in [9.17, 15) is 68.4 Å². The minimum absolute atomic E-state index is 0.000425. The van der Waals surface area contributed by atoms with Crippen LogP contribution < -0.4 is 43.4 Å². The number of carboxylic acids is 3. The van der Waals surface area contributed by atoms with Crippen molar-refractivity contribution in [2.24, 2.45) is 16.5 Å². The van der Waals surface area contributed by atoms with Crippen LogP contribution in [0.25, 0.3) is 10.8 Å². The number of nitrogens with zero attached hydrogens (tertiary/aromatic N) is 6. The first kappa shape index (κ1) is 67.9. The maximum atomic E-state index is 14.7. The Kier molecular flexibility index (Phi) is 26.4. The highest BCUT2D eigenvalue weighted by Gasteiger charge is 2.36. The Labute approximate surface area is 509 Å². The molecule has 0 saturated carbocycles. The van der Waals surface area contributed by atoms with Gasteiger partial charge in [-0.15, -0.1) is 0 Å². The lowest BCUT2D eigenvalue weighted by Gasteiger charge is -2.32. The third-order valence-corrected chi connectivity index (χ3v) is 15.0. The molecule has 28 heteroatoms. The summed E-state index contributed by atoms with van der Waals surface area (Å²) in [7, 11) is 1.38. The van der Waals surface area contributed by atoms with Gasteiger partial charge in [-0.05, 0) is 77.4 Å². The van der Waals surface area contributed by atoms with Gasteiger partial charge in [-0.3, -0.25) is 72.5 Å². The van der Waals surface area contributed by atoms with Gasteiger partial charge < -0.3 is 68.7 Å². The molecular weight excluding hydrogens is 1140 g/mol. The largest absolute Gasteiger partial charge is 0.508 e. The van der Waals surface area contributed by atoms with E-state index in [1.54, 1.807) is 56.0 Å². The van der Waals surface area contributed by atoms with Crippen molar-refractivity contribution in [3.8, 4) is 5.75 Å². The first-order valence-corrected chi connectivity index (χ1v) is 29.0. The second-order valence-corrected chi connectivity index (χ2v) is 21.8. The van der Waals surface area contributed by atoms with Crippen LogP contribution in [0.1, 0.15) is 52.7 Å². The second-order valence-electron chi connectivity index (χ2n) is 21.8. The molecule has 2 aliphatic heterocycles. The molecule has 4 aromatic rings. The summed E-state index contributed by atoms with van der Waals surface area (Å²) < 4.78 is 0. The smallest absolute Gasteiger partial charge is 0.317 e. The fourth-order valence-electron chi connectivity index (χ4n) is 10.2. The maximum Gasteiger partial charge on any atom is 0.317 e. The van der Waals surface area contributed by atoms with Crippen LogP contribution in [0.5, 0.6) is 5.75 Å². The van der Waals surface area contributed by atoms with Crippen LogP contribution in [-0.2, 0) is 62.5 Å². The molecule has 2 saturated heterocycles. The number of nitrogens with one attached hydrogen (secondary N) is 6. The minimum atomic E-state index is -1.29. The van der Waals surface area contributed by atoms with Crippen molar-refractivity contribution in [2.45, 2.75) is 69.2 Å². The Hall–Kier alpha value is -9.25. The monoisotopic (exact) mass is 1220 g/mol. The van der Waals surface area contributed by atoms with Crippen molar-refractivity contribution in [3.63, 3.8) is 0 Å². The third kappa shape index (κ3) is 22.9. The van der Waals surface area contributed by atoms with Gasteiger partial charge in [-0.2, -0.15) is 0 Å². The van der Waals surface area contributed by atoms with E-state index in [1.165, 1.54) is 24.1 Å². The number of fused-ring (bicyclic) bond motifs is 1. The predicted octanol–water partition coefficient (Wildman–Crippen LogP) is -1.90. The van der Waals surface area contributed by atoms with Gasteiger partial charge in [0.25, 0.3) is 5.91 Å². The number of likely N-dealkylation sites (N-methyl/N-ethyl adjacent to an activating group) is 1. The molecule has 0 aliphatic carbocycles. The van der Waals surface area contributed by atoms with E-state index < -0.39 is 84.1 Å². The van der Waals surface area contributed by atoms with Crippen molar-refractivity contribution >= 4 is 76.0 Å². The zero-order valence-corrected chi connectivity index (χ0v) is 49.2. The number of guanidine groups is 1. The number of hydrogen-bond donors (Lipinski definition) is 12. The fourth-order valence-corrected chi connectivity index (χ4v) is 10.2. The van der Waals surface area contributed by atoms with Crippen molar-refractivity contribution in [2.75, 3.05) is 105 Å². The molecular formula is C60H80N14O14. The maximum absolute atomic E-state index is 14.7. The first-order valence-electron chi connectivity index (χ1n) is 29.0. The summed E-state index contributed by atoms with van der Waals surface area (Å²) in [6, 6.07) is 20.5. The van der Waals surface area contributed by atoms with Crippen LogP contribution in [0.4, 0.5) is 0 Å². The van der Waals surface area contributed by atoms with Crippen LogP contribution in [0.3, 0.4) is 0 Å². The van der Waals surface area contributed by atoms with Crippen molar-refractivity contribution in [1.29, 1.82) is 0 Å². The number of nitrogens with two attached hydrogens (primary N) is 2. The third-order valence-electron chi connectivity index (χ3n) is 15.0. The number of rotatable bonds is 23. The van der Waals surface area contributed by atoms with Crippen molar-refractivity contribution in [1.82, 2.24) is 56.4 Å². The molecule has 7 amide bonds. The molecule has 4 atom stereocenters. The summed E-state index contributed by atoms with van der Waals surface area (Å²) in [5.41, 5.74) is 13.3. The number of carbonyl (C=O) groups excluding carboxylic acids is 7. The van der Waals surface area contributed by atoms with Gasteiger partial charge in [-0.1, -0.05) is 66.7 Å². The standard InChI is InChI=1S/C60H80N14O14/c1-70-49(9-5-20-63-55(84)43-16-10-40(11-17-43)33-65-51(77)35-71-22-24-72(36-52(78)79)26-28-74(38-54(82)83)29-27-73(25-23-71)37-53(80)81)58(87)68-46(8-4-21-64-60(61)62)57(86)69-47(32-41-12-15-42-6-2-3-7-44(42)30-41)56(85)66-34-50(76)67-48(59(70)88)31-39-13-18-45(75)19-14-39/h2-3,6-7,10-19,30,46-49,75H,4-5,8-9,20-29,31-38H2,1H3,(H,63,84)(H,65,77)(H,66,85)(H,67,76)(H,68,87)(H,69,86)(H,78,79)(H,80,81)(H,82,83)(H4,61,62,64). The highest BCUT2D eigenvalue weighted by Crippen LogP contribution is 2.19. The molecule has 2 heterocycles. The summed E-state index contributed by atoms with van der Waals surface area (Å²) in [5.74, 6) is -7.87. The Morgan fingerprint density at radius 1 is 0.580 bits per heavy atom. The lowest BCUT2D eigenvalue weighted by Crippen LogP contribution is -2.58. The number of aliphatic imine (C=N–C) groups is 1. The lowest BCUT2D eigenvalue weighted by atomic mass is 10.00. The summed E-state index contributed by atoms with van der Waals surface area (Å²) in [6.45, 7) is 0.527. The Morgan fingerprint density at radius 2 is 1.11 bits per heavy atom. The molecule has 0 spiro atoms. The molecule has 474 valence electrons. The second kappa shape index (κ2) is 34.2. The quantitative estimate of drug-likeness (QED) is 0.0219. The van der Waals surface area contributed by atoms with Crippen LogP contribution in [0, 0.1) is 0 Å². The molecule has 0 bridgehead atoms. The van der Waals surface area contributed by atoms with E-state index in [2.05, 4.69) is 36.9 Å². The molecule has 28 nitrogen and oxygen atoms in total. The first-order chi connectivity index (χ1) is 42.1. The number of carbonyl (C=O) groups is 10. The zero-order valence-electron chi connectivity index (χ0n) is 49.2. The number of benzene rings is 4. The summed E-state index contributed by atoms with van der Waals surface area (Å²) in [4.78, 5) is 145. The number of hydrogen-bond acceptors (Lipinski definition) is 16. The molecule has 4 aromatic carbocycles. The van der Waals surface area contributed by atoms with E-state index in [4.69, 9.17) is 11.5 Å². The fraction of sp³-hybridized carbons (Fsp3) is 0.450. The summed E-state index contributed by atoms with van der Waals surface area (Å²) >= 11 is 0. The van der Waals surface area contributed by atoms with Gasteiger partial charge in [0.05, 0.1) is 32.7 Å². The van der Waals surface area contributed by atoms with Crippen LogP contribution in [0.2, 0.25) is 0 Å². The van der Waals surface area contributed by atoms with E-state index in [0.29, 0.717) is 16.7 Å². The molecule has 2 fully saturated rings. The Bertz CT molecular complexity index is 3080. The highest BCUT2D eigenvalue weighted by atomic mass is 16.4. The zero-order chi connectivity index (χ0) is 63.7.